The lowest BCUT2D eigenvalue weighted by Crippen LogP contribution is -2.35. The van der Waals surface area contributed by atoms with Crippen LogP contribution in [0.2, 0.25) is 0 Å². The number of carboxylic acid groups (broad SMARTS) is 1. The fraction of sp³-hybridized carbons (Fsp3) is 0.923. The number of carboxylic acids is 1. The van der Waals surface area contributed by atoms with Crippen molar-refractivity contribution in [1.29, 1.82) is 0 Å². The van der Waals surface area contributed by atoms with E-state index in [0.717, 1.165) is 12.5 Å². The van der Waals surface area contributed by atoms with Crippen LogP contribution in [0.25, 0.3) is 0 Å². The van der Waals surface area contributed by atoms with Crippen molar-refractivity contribution in [1.82, 2.24) is 5.32 Å². The molecular weight excluding hydrogens is 202 g/mol. The van der Waals surface area contributed by atoms with Gasteiger partial charge in [0.2, 0.25) is 0 Å². The lowest BCUT2D eigenvalue weighted by molar-refractivity contribution is -0.143. The topological polar surface area (TPSA) is 49.3 Å². The first kappa shape index (κ1) is 13.5. The summed E-state index contributed by atoms with van der Waals surface area (Å²) >= 11 is 0. The van der Waals surface area contributed by atoms with E-state index in [1.54, 1.807) is 0 Å². The number of rotatable bonds is 6. The first-order valence-corrected chi connectivity index (χ1v) is 6.54. The number of hydrogen-bond acceptors (Lipinski definition) is 2. The summed E-state index contributed by atoms with van der Waals surface area (Å²) < 4.78 is 0. The highest BCUT2D eigenvalue weighted by Crippen LogP contribution is 2.22. The zero-order valence-corrected chi connectivity index (χ0v) is 10.5. The molecule has 3 nitrogen and oxygen atoms in total. The Hall–Kier alpha value is -0.570. The number of carbonyl (C=O) groups is 1. The van der Waals surface area contributed by atoms with Crippen molar-refractivity contribution in [2.45, 2.75) is 46.0 Å². The fourth-order valence-electron chi connectivity index (χ4n) is 2.44. The molecule has 1 unspecified atom stereocenters. The van der Waals surface area contributed by atoms with Crippen LogP contribution < -0.4 is 5.32 Å². The molecule has 0 saturated heterocycles. The molecular formula is C13H25NO2. The van der Waals surface area contributed by atoms with Crippen LogP contribution in [-0.4, -0.2) is 24.2 Å². The highest BCUT2D eigenvalue weighted by Gasteiger charge is 2.21. The molecule has 1 atom stereocenters. The minimum atomic E-state index is -0.675. The Morgan fingerprint density at radius 1 is 1.31 bits per heavy atom. The maximum absolute atomic E-state index is 11.0. The van der Waals surface area contributed by atoms with Crippen molar-refractivity contribution in [2.24, 2.45) is 17.8 Å². The molecule has 0 spiro atoms. The molecule has 1 fully saturated rings. The summed E-state index contributed by atoms with van der Waals surface area (Å²) in [6.07, 6.45) is 6.69. The third kappa shape index (κ3) is 4.52. The van der Waals surface area contributed by atoms with E-state index in [1.807, 2.05) is 13.8 Å². The summed E-state index contributed by atoms with van der Waals surface area (Å²) in [4.78, 5) is 11.0. The zero-order valence-electron chi connectivity index (χ0n) is 10.5. The lowest BCUT2D eigenvalue weighted by Gasteiger charge is -2.23. The van der Waals surface area contributed by atoms with Crippen molar-refractivity contribution < 1.29 is 9.90 Å². The standard InChI is InChI=1S/C13H25NO2/c1-10(2)12(13(15)16)9-14-8-11-6-4-3-5-7-11/h10-12,14H,3-9H2,1-2H3,(H,15,16). The molecule has 0 heterocycles. The van der Waals surface area contributed by atoms with Gasteiger partial charge in [0, 0.05) is 6.54 Å². The van der Waals surface area contributed by atoms with E-state index in [2.05, 4.69) is 5.32 Å². The van der Waals surface area contributed by atoms with Gasteiger partial charge in [-0.1, -0.05) is 33.1 Å². The van der Waals surface area contributed by atoms with Crippen LogP contribution in [-0.2, 0) is 4.79 Å². The van der Waals surface area contributed by atoms with Gasteiger partial charge in [-0.25, -0.2) is 0 Å². The van der Waals surface area contributed by atoms with Crippen LogP contribution >= 0.6 is 0 Å². The predicted molar refractivity (Wildman–Crippen MR) is 65.4 cm³/mol. The SMILES string of the molecule is CC(C)C(CNCC1CCCCC1)C(=O)O. The maximum atomic E-state index is 11.0. The molecule has 0 amide bonds. The molecule has 94 valence electrons. The molecule has 1 aliphatic rings. The first-order valence-electron chi connectivity index (χ1n) is 6.54. The maximum Gasteiger partial charge on any atom is 0.308 e. The summed E-state index contributed by atoms with van der Waals surface area (Å²) in [5.74, 6) is 0.0569. The van der Waals surface area contributed by atoms with E-state index in [-0.39, 0.29) is 11.8 Å². The third-order valence-electron chi connectivity index (χ3n) is 3.64. The predicted octanol–water partition coefficient (Wildman–Crippen LogP) is 2.51. The Kier molecular flexibility index (Phi) is 5.81. The van der Waals surface area contributed by atoms with Gasteiger partial charge in [0.1, 0.15) is 0 Å². The molecule has 1 saturated carbocycles. The quantitative estimate of drug-likeness (QED) is 0.733. The fourth-order valence-corrected chi connectivity index (χ4v) is 2.44. The highest BCUT2D eigenvalue weighted by atomic mass is 16.4. The van der Waals surface area contributed by atoms with Gasteiger partial charge >= 0.3 is 5.97 Å². The van der Waals surface area contributed by atoms with Gasteiger partial charge in [-0.15, -0.1) is 0 Å². The van der Waals surface area contributed by atoms with E-state index in [4.69, 9.17) is 5.11 Å². The molecule has 0 aliphatic heterocycles. The Balaban J connectivity index is 2.19. The number of nitrogens with one attached hydrogen (secondary N) is 1. The monoisotopic (exact) mass is 227 g/mol. The van der Waals surface area contributed by atoms with Crippen LogP contribution in [0.1, 0.15) is 46.0 Å². The van der Waals surface area contributed by atoms with Crippen molar-refractivity contribution in [3.05, 3.63) is 0 Å². The molecule has 2 N–H and O–H groups in total. The second-order valence-electron chi connectivity index (χ2n) is 5.35. The van der Waals surface area contributed by atoms with E-state index >= 15 is 0 Å². The summed E-state index contributed by atoms with van der Waals surface area (Å²) in [5, 5.41) is 12.4. The summed E-state index contributed by atoms with van der Waals surface area (Å²) in [7, 11) is 0. The van der Waals surface area contributed by atoms with E-state index in [0.29, 0.717) is 6.54 Å². The van der Waals surface area contributed by atoms with Crippen LogP contribution in [0.5, 0.6) is 0 Å². The van der Waals surface area contributed by atoms with Crippen molar-refractivity contribution in [2.75, 3.05) is 13.1 Å². The highest BCUT2D eigenvalue weighted by molar-refractivity contribution is 5.70. The molecule has 0 bridgehead atoms. The largest absolute Gasteiger partial charge is 0.481 e. The van der Waals surface area contributed by atoms with Gasteiger partial charge in [-0.05, 0) is 31.2 Å². The molecule has 0 aromatic carbocycles. The van der Waals surface area contributed by atoms with Gasteiger partial charge in [-0.3, -0.25) is 4.79 Å². The van der Waals surface area contributed by atoms with Gasteiger partial charge in [-0.2, -0.15) is 0 Å². The Labute approximate surface area is 98.6 Å². The van der Waals surface area contributed by atoms with Gasteiger partial charge in [0.05, 0.1) is 5.92 Å². The molecule has 16 heavy (non-hydrogen) atoms. The second kappa shape index (κ2) is 6.89. The van der Waals surface area contributed by atoms with Crippen LogP contribution in [0, 0.1) is 17.8 Å². The van der Waals surface area contributed by atoms with E-state index < -0.39 is 5.97 Å². The average Bonchev–Trinajstić information content (AvgIpc) is 2.24. The Morgan fingerprint density at radius 2 is 1.94 bits per heavy atom. The van der Waals surface area contributed by atoms with Gasteiger partial charge < -0.3 is 10.4 Å². The molecule has 3 heteroatoms. The minimum Gasteiger partial charge on any atom is -0.481 e. The smallest absolute Gasteiger partial charge is 0.308 e. The number of aliphatic carboxylic acids is 1. The van der Waals surface area contributed by atoms with Crippen molar-refractivity contribution in [3.63, 3.8) is 0 Å². The molecule has 0 radical (unpaired) electrons. The van der Waals surface area contributed by atoms with E-state index in [1.165, 1.54) is 32.1 Å². The Morgan fingerprint density at radius 3 is 2.44 bits per heavy atom. The first-order chi connectivity index (χ1) is 7.61. The summed E-state index contributed by atoms with van der Waals surface area (Å²) in [6, 6.07) is 0. The zero-order chi connectivity index (χ0) is 12.0. The summed E-state index contributed by atoms with van der Waals surface area (Å²) in [5.41, 5.74) is 0. The van der Waals surface area contributed by atoms with Crippen LogP contribution in [0.3, 0.4) is 0 Å². The third-order valence-corrected chi connectivity index (χ3v) is 3.64. The second-order valence-corrected chi connectivity index (χ2v) is 5.35. The van der Waals surface area contributed by atoms with Crippen molar-refractivity contribution in [3.8, 4) is 0 Å². The summed E-state index contributed by atoms with van der Waals surface area (Å²) in [6.45, 7) is 5.56. The normalized spacial score (nSPS) is 19.9. The van der Waals surface area contributed by atoms with Crippen LogP contribution in [0.4, 0.5) is 0 Å². The molecule has 0 aromatic heterocycles. The van der Waals surface area contributed by atoms with Crippen LogP contribution in [0.15, 0.2) is 0 Å². The molecule has 1 aliphatic carbocycles. The van der Waals surface area contributed by atoms with Gasteiger partial charge in [0.15, 0.2) is 0 Å². The van der Waals surface area contributed by atoms with Crippen molar-refractivity contribution >= 4 is 5.97 Å². The van der Waals surface area contributed by atoms with Gasteiger partial charge in [0.25, 0.3) is 0 Å². The number of hydrogen-bond donors (Lipinski definition) is 2. The average molecular weight is 227 g/mol. The molecule has 1 rings (SSSR count). The molecule has 0 aromatic rings. The minimum absolute atomic E-state index is 0.205. The van der Waals surface area contributed by atoms with E-state index in [9.17, 15) is 4.79 Å². The lowest BCUT2D eigenvalue weighted by atomic mass is 9.89. The Bertz CT molecular complexity index is 210.